The predicted octanol–water partition coefficient (Wildman–Crippen LogP) is 2.30. The minimum atomic E-state index is -0.648. The van der Waals surface area contributed by atoms with Gasteiger partial charge in [0.15, 0.2) is 11.3 Å². The zero-order chi connectivity index (χ0) is 17.3. The first-order chi connectivity index (χ1) is 11.6. The van der Waals surface area contributed by atoms with Gasteiger partial charge in [-0.2, -0.15) is 0 Å². The molecule has 2 aromatic heterocycles. The van der Waals surface area contributed by atoms with Crippen LogP contribution >= 0.6 is 0 Å². The number of carbonyl (C=O) groups excluding carboxylic acids is 1. The van der Waals surface area contributed by atoms with E-state index >= 15 is 0 Å². The van der Waals surface area contributed by atoms with E-state index in [1.807, 2.05) is 0 Å². The normalized spacial score (nSPS) is 10.8. The van der Waals surface area contributed by atoms with Crippen molar-refractivity contribution in [2.75, 3.05) is 19.5 Å². The Morgan fingerprint density at radius 1 is 1.42 bits per heavy atom. The molecule has 24 heavy (non-hydrogen) atoms. The van der Waals surface area contributed by atoms with Gasteiger partial charge in [-0.05, 0) is 19.1 Å². The zero-order valence-electron chi connectivity index (χ0n) is 13.1. The molecule has 0 atom stereocenters. The molecule has 0 aliphatic carbocycles. The van der Waals surface area contributed by atoms with Crippen LogP contribution in [0.1, 0.15) is 17.4 Å². The Morgan fingerprint density at radius 3 is 2.92 bits per heavy atom. The van der Waals surface area contributed by atoms with E-state index in [0.29, 0.717) is 5.75 Å². The van der Waals surface area contributed by atoms with Crippen LogP contribution in [0.3, 0.4) is 0 Å². The molecule has 1 aromatic carbocycles. The highest BCUT2D eigenvalue weighted by molar-refractivity contribution is 5.95. The van der Waals surface area contributed by atoms with Crippen molar-refractivity contribution in [1.29, 1.82) is 0 Å². The van der Waals surface area contributed by atoms with Gasteiger partial charge in [0.25, 0.3) is 0 Å². The summed E-state index contributed by atoms with van der Waals surface area (Å²) < 4.78 is 26.0. The van der Waals surface area contributed by atoms with Crippen LogP contribution in [0, 0.1) is 5.82 Å². The van der Waals surface area contributed by atoms with E-state index in [-0.39, 0.29) is 35.0 Å². The minimum absolute atomic E-state index is 0.0404. The molecule has 0 aliphatic heterocycles. The van der Waals surface area contributed by atoms with Crippen LogP contribution in [-0.4, -0.2) is 34.1 Å². The van der Waals surface area contributed by atoms with E-state index in [1.165, 1.54) is 36.0 Å². The number of rotatable bonds is 4. The summed E-state index contributed by atoms with van der Waals surface area (Å²) in [4.78, 5) is 20.4. The van der Waals surface area contributed by atoms with Crippen LogP contribution in [0.25, 0.3) is 16.9 Å². The third kappa shape index (κ3) is 2.41. The van der Waals surface area contributed by atoms with Gasteiger partial charge in [0.2, 0.25) is 0 Å². The molecule has 2 N–H and O–H groups in total. The molecule has 0 radical (unpaired) electrons. The second-order valence-corrected chi connectivity index (χ2v) is 4.85. The number of imidazole rings is 1. The Labute approximate surface area is 136 Å². The molecule has 0 saturated heterocycles. The Hall–Kier alpha value is -3.16. The molecule has 7 nitrogen and oxygen atoms in total. The number of esters is 1. The Morgan fingerprint density at radius 2 is 2.21 bits per heavy atom. The number of nitrogens with two attached hydrogens (primary N) is 1. The van der Waals surface area contributed by atoms with Crippen molar-refractivity contribution in [2.45, 2.75) is 6.92 Å². The van der Waals surface area contributed by atoms with Gasteiger partial charge in [0.05, 0.1) is 19.3 Å². The molecule has 0 aliphatic rings. The quantitative estimate of drug-likeness (QED) is 0.738. The van der Waals surface area contributed by atoms with Crippen LogP contribution in [0.2, 0.25) is 0 Å². The molecular weight excluding hydrogens is 315 g/mol. The molecule has 124 valence electrons. The maximum absolute atomic E-state index is 14.4. The van der Waals surface area contributed by atoms with Crippen molar-refractivity contribution < 1.29 is 18.7 Å². The average molecular weight is 330 g/mol. The zero-order valence-corrected chi connectivity index (χ0v) is 13.1. The molecule has 0 spiro atoms. The average Bonchev–Trinajstić information content (AvgIpc) is 2.92. The number of nitrogen functional groups attached to an aromatic ring is 1. The topological polar surface area (TPSA) is 91.7 Å². The minimum Gasteiger partial charge on any atom is -0.496 e. The lowest BCUT2D eigenvalue weighted by molar-refractivity contribution is 0.0521. The highest BCUT2D eigenvalue weighted by atomic mass is 19.1. The summed E-state index contributed by atoms with van der Waals surface area (Å²) in [5.74, 6) is -0.767. The van der Waals surface area contributed by atoms with Gasteiger partial charge in [-0.3, -0.25) is 9.38 Å². The third-order valence-corrected chi connectivity index (χ3v) is 3.48. The fraction of sp³-hybridized carbons (Fsp3) is 0.188. The molecule has 0 fully saturated rings. The van der Waals surface area contributed by atoms with E-state index in [0.717, 1.165) is 0 Å². The van der Waals surface area contributed by atoms with Gasteiger partial charge in [-0.1, -0.05) is 6.07 Å². The first-order valence-electron chi connectivity index (χ1n) is 7.21. The number of nitrogens with zero attached hydrogens (tertiary/aromatic N) is 3. The number of benzene rings is 1. The van der Waals surface area contributed by atoms with Crippen molar-refractivity contribution in [1.82, 2.24) is 14.4 Å². The first kappa shape index (κ1) is 15.7. The molecule has 0 bridgehead atoms. The molecular formula is C16H15FN4O3. The summed E-state index contributed by atoms with van der Waals surface area (Å²) >= 11 is 0. The number of halogens is 1. The van der Waals surface area contributed by atoms with Gasteiger partial charge >= 0.3 is 5.97 Å². The number of methoxy groups -OCH3 is 1. The second kappa shape index (κ2) is 6.15. The van der Waals surface area contributed by atoms with E-state index in [1.54, 1.807) is 13.0 Å². The van der Waals surface area contributed by atoms with Gasteiger partial charge in [-0.25, -0.2) is 14.2 Å². The van der Waals surface area contributed by atoms with E-state index in [2.05, 4.69) is 9.97 Å². The highest BCUT2D eigenvalue weighted by Crippen LogP contribution is 2.34. The molecule has 0 unspecified atom stereocenters. The van der Waals surface area contributed by atoms with Crippen LogP contribution in [-0.2, 0) is 4.74 Å². The SMILES string of the molecule is CCOC(=O)c1nc2c(-c3c(F)cccc3OC)nccn2c1N. The summed E-state index contributed by atoms with van der Waals surface area (Å²) in [6.07, 6.45) is 2.98. The first-order valence-corrected chi connectivity index (χ1v) is 7.21. The van der Waals surface area contributed by atoms with Crippen molar-refractivity contribution in [3.05, 3.63) is 42.1 Å². The Balaban J connectivity index is 2.28. The monoisotopic (exact) mass is 330 g/mol. The number of anilines is 1. The maximum atomic E-state index is 14.4. The Kier molecular flexibility index (Phi) is 4.03. The smallest absolute Gasteiger partial charge is 0.360 e. The molecule has 0 saturated carbocycles. The van der Waals surface area contributed by atoms with Crippen LogP contribution in [0.5, 0.6) is 5.75 Å². The fourth-order valence-electron chi connectivity index (χ4n) is 2.43. The van der Waals surface area contributed by atoms with Crippen molar-refractivity contribution in [3.8, 4) is 17.0 Å². The predicted molar refractivity (Wildman–Crippen MR) is 85.3 cm³/mol. The highest BCUT2D eigenvalue weighted by Gasteiger charge is 2.23. The number of hydrogen-bond donors (Lipinski definition) is 1. The number of carbonyl (C=O) groups is 1. The lowest BCUT2D eigenvalue weighted by Crippen LogP contribution is -2.08. The fourth-order valence-corrected chi connectivity index (χ4v) is 2.43. The van der Waals surface area contributed by atoms with Crippen LogP contribution < -0.4 is 10.5 Å². The third-order valence-electron chi connectivity index (χ3n) is 3.48. The van der Waals surface area contributed by atoms with Gasteiger partial charge in [0, 0.05) is 12.4 Å². The van der Waals surface area contributed by atoms with Crippen LogP contribution in [0.15, 0.2) is 30.6 Å². The molecule has 8 heteroatoms. The second-order valence-electron chi connectivity index (χ2n) is 4.85. The number of fused-ring (bicyclic) bond motifs is 1. The number of ether oxygens (including phenoxy) is 2. The largest absolute Gasteiger partial charge is 0.496 e. The van der Waals surface area contributed by atoms with E-state index in [9.17, 15) is 9.18 Å². The summed E-state index contributed by atoms with van der Waals surface area (Å²) in [5.41, 5.74) is 6.53. The molecule has 2 heterocycles. The molecule has 3 rings (SSSR count). The van der Waals surface area contributed by atoms with E-state index in [4.69, 9.17) is 15.2 Å². The lowest BCUT2D eigenvalue weighted by Gasteiger charge is -2.09. The standard InChI is InChI=1S/C16H15FN4O3/c1-3-24-16(22)13-14(18)21-8-7-19-12(15(21)20-13)11-9(17)5-4-6-10(11)23-2/h4-8H,3,18H2,1-2H3. The van der Waals surface area contributed by atoms with Crippen molar-refractivity contribution in [2.24, 2.45) is 0 Å². The lowest BCUT2D eigenvalue weighted by atomic mass is 10.1. The number of hydrogen-bond acceptors (Lipinski definition) is 6. The van der Waals surface area contributed by atoms with Crippen LogP contribution in [0.4, 0.5) is 10.2 Å². The van der Waals surface area contributed by atoms with Gasteiger partial charge < -0.3 is 15.2 Å². The van der Waals surface area contributed by atoms with Crippen molar-refractivity contribution in [3.63, 3.8) is 0 Å². The van der Waals surface area contributed by atoms with Crippen molar-refractivity contribution >= 4 is 17.4 Å². The summed E-state index contributed by atoms with van der Waals surface area (Å²) in [5, 5.41) is 0. The molecule has 3 aromatic rings. The summed E-state index contributed by atoms with van der Waals surface area (Å²) in [7, 11) is 1.43. The Bertz CT molecular complexity index is 923. The van der Waals surface area contributed by atoms with Gasteiger partial charge in [-0.15, -0.1) is 0 Å². The summed E-state index contributed by atoms with van der Waals surface area (Å²) in [6.45, 7) is 1.87. The van der Waals surface area contributed by atoms with Gasteiger partial charge in [0.1, 0.15) is 23.1 Å². The number of aromatic nitrogens is 3. The summed E-state index contributed by atoms with van der Waals surface area (Å²) in [6, 6.07) is 4.44. The molecule has 0 amide bonds. The van der Waals surface area contributed by atoms with E-state index < -0.39 is 11.8 Å². The maximum Gasteiger partial charge on any atom is 0.360 e.